The van der Waals surface area contributed by atoms with Crippen molar-refractivity contribution < 1.29 is 22.8 Å². The van der Waals surface area contributed by atoms with Gasteiger partial charge in [-0.1, -0.05) is 25.8 Å². The summed E-state index contributed by atoms with van der Waals surface area (Å²) in [6.07, 6.45) is 3.52. The zero-order chi connectivity index (χ0) is 17.2. The van der Waals surface area contributed by atoms with E-state index in [4.69, 9.17) is 18.0 Å². The van der Waals surface area contributed by atoms with Gasteiger partial charge in [0, 0.05) is 6.08 Å². The minimum absolute atomic E-state index is 0.247. The number of carbonyl (C=O) groups excluding carboxylic acids is 1. The zero-order valence-corrected chi connectivity index (χ0v) is 14.9. The van der Waals surface area contributed by atoms with Gasteiger partial charge in [0.15, 0.2) is 0 Å². The van der Waals surface area contributed by atoms with Gasteiger partial charge in [0.1, 0.15) is 0 Å². The molecular formula is C16H26O5Si. The van der Waals surface area contributed by atoms with Crippen molar-refractivity contribution in [3.05, 3.63) is 49.2 Å². The Hall–Kier alpha value is -1.95. The predicted octanol–water partition coefficient (Wildman–Crippen LogP) is 4.09. The molecule has 0 atom stereocenters. The summed E-state index contributed by atoms with van der Waals surface area (Å²) >= 11 is 0. The summed E-state index contributed by atoms with van der Waals surface area (Å²) in [5.74, 6) is 1.08. The molecule has 0 N–H and O–H groups in total. The fourth-order valence-corrected chi connectivity index (χ4v) is 4.26. The van der Waals surface area contributed by atoms with Gasteiger partial charge in [-0.15, -0.1) is 0 Å². The first-order chi connectivity index (χ1) is 10.2. The molecule has 0 saturated carbocycles. The molecule has 0 saturated heterocycles. The minimum atomic E-state index is -3.08. The van der Waals surface area contributed by atoms with Crippen molar-refractivity contribution in [1.29, 1.82) is 0 Å². The van der Waals surface area contributed by atoms with Gasteiger partial charge in [-0.2, -0.15) is 0 Å². The molecule has 0 heterocycles. The first-order valence-electron chi connectivity index (χ1n) is 7.04. The standard InChI is InChI=1S/C16H26O5Si/c1-8-10-16(17)18-11-9-12-22(19-13(2)3,20-14(4)5)21-15(6)7/h8,10H,2,4,6,9,11-12H2,1,3,5,7H3. The van der Waals surface area contributed by atoms with Crippen molar-refractivity contribution in [1.82, 2.24) is 0 Å². The second kappa shape index (κ2) is 9.89. The van der Waals surface area contributed by atoms with Crippen LogP contribution in [0.25, 0.3) is 0 Å². The van der Waals surface area contributed by atoms with Crippen LogP contribution in [-0.4, -0.2) is 21.4 Å². The molecule has 0 spiro atoms. The maximum absolute atomic E-state index is 11.3. The number of ether oxygens (including phenoxy) is 1. The summed E-state index contributed by atoms with van der Waals surface area (Å²) < 4.78 is 22.3. The molecule has 0 fully saturated rings. The summed E-state index contributed by atoms with van der Waals surface area (Å²) in [6.45, 7) is 18.4. The van der Waals surface area contributed by atoms with E-state index in [-0.39, 0.29) is 12.6 Å². The smallest absolute Gasteiger partial charge is 0.488 e. The van der Waals surface area contributed by atoms with E-state index >= 15 is 0 Å². The lowest BCUT2D eigenvalue weighted by Crippen LogP contribution is -2.44. The first kappa shape index (κ1) is 20.0. The quantitative estimate of drug-likeness (QED) is 0.188. The van der Waals surface area contributed by atoms with Gasteiger partial charge in [-0.3, -0.25) is 0 Å². The Labute approximate surface area is 134 Å². The lowest BCUT2D eigenvalue weighted by atomic mass is 10.5. The molecule has 5 nitrogen and oxygen atoms in total. The van der Waals surface area contributed by atoms with Crippen LogP contribution in [0, 0.1) is 0 Å². The van der Waals surface area contributed by atoms with Crippen LogP contribution in [0.5, 0.6) is 0 Å². The molecule has 124 valence electrons. The SMILES string of the molecule is C=C(C)O[Si](CCCOC(=O)C=CC)(OC(=C)C)OC(=C)C. The fraction of sp³-hybridized carbons (Fsp3) is 0.438. The van der Waals surface area contributed by atoms with E-state index in [9.17, 15) is 4.79 Å². The Morgan fingerprint density at radius 2 is 1.45 bits per heavy atom. The minimum Gasteiger partial charge on any atom is -0.488 e. The van der Waals surface area contributed by atoms with Crippen LogP contribution in [0.1, 0.15) is 34.1 Å². The van der Waals surface area contributed by atoms with Crippen molar-refractivity contribution in [3.8, 4) is 0 Å². The molecule has 0 unspecified atom stereocenters. The Kier molecular flexibility index (Phi) is 9.01. The van der Waals surface area contributed by atoms with Crippen LogP contribution in [0.4, 0.5) is 0 Å². The fourth-order valence-electron chi connectivity index (χ4n) is 1.66. The predicted molar refractivity (Wildman–Crippen MR) is 88.6 cm³/mol. The molecule has 0 aromatic heterocycles. The summed E-state index contributed by atoms with van der Waals surface area (Å²) in [4.78, 5) is 11.3. The van der Waals surface area contributed by atoms with Gasteiger partial charge in [-0.25, -0.2) is 4.79 Å². The largest absolute Gasteiger partial charge is 0.698 e. The van der Waals surface area contributed by atoms with Crippen molar-refractivity contribution in [2.45, 2.75) is 40.2 Å². The average Bonchev–Trinajstić information content (AvgIpc) is 2.32. The number of carbonyl (C=O) groups is 1. The van der Waals surface area contributed by atoms with Crippen molar-refractivity contribution in [2.75, 3.05) is 6.61 Å². The highest BCUT2D eigenvalue weighted by atomic mass is 28.4. The molecule has 0 aromatic rings. The molecule has 0 aliphatic carbocycles. The van der Waals surface area contributed by atoms with Crippen molar-refractivity contribution >= 4 is 14.8 Å². The van der Waals surface area contributed by atoms with Crippen LogP contribution >= 0.6 is 0 Å². The molecule has 0 aromatic carbocycles. The Morgan fingerprint density at radius 1 is 1.00 bits per heavy atom. The molecular weight excluding hydrogens is 300 g/mol. The van der Waals surface area contributed by atoms with E-state index in [2.05, 4.69) is 19.7 Å². The summed E-state index contributed by atoms with van der Waals surface area (Å²) in [7, 11) is -3.08. The van der Waals surface area contributed by atoms with Gasteiger partial charge in [0.05, 0.1) is 29.9 Å². The maximum Gasteiger partial charge on any atom is 0.698 e. The summed E-state index contributed by atoms with van der Waals surface area (Å²) in [6, 6.07) is 0.447. The Morgan fingerprint density at radius 3 is 1.82 bits per heavy atom. The highest BCUT2D eigenvalue weighted by molar-refractivity contribution is 6.61. The van der Waals surface area contributed by atoms with Crippen molar-refractivity contribution in [2.24, 2.45) is 0 Å². The second-order valence-corrected chi connectivity index (χ2v) is 7.34. The monoisotopic (exact) mass is 326 g/mol. The third-order valence-electron chi connectivity index (χ3n) is 2.16. The number of rotatable bonds is 11. The molecule has 6 heteroatoms. The van der Waals surface area contributed by atoms with Crippen LogP contribution in [0.15, 0.2) is 49.2 Å². The highest BCUT2D eigenvalue weighted by Gasteiger charge is 2.48. The number of esters is 1. The van der Waals surface area contributed by atoms with Gasteiger partial charge < -0.3 is 18.0 Å². The molecule has 22 heavy (non-hydrogen) atoms. The van der Waals surface area contributed by atoms with Gasteiger partial charge in [0.25, 0.3) is 0 Å². The molecule has 0 radical (unpaired) electrons. The lowest BCUT2D eigenvalue weighted by molar-refractivity contribution is -0.137. The molecule has 0 aliphatic heterocycles. The summed E-state index contributed by atoms with van der Waals surface area (Å²) in [5.41, 5.74) is 0. The van der Waals surface area contributed by atoms with E-state index in [0.29, 0.717) is 29.7 Å². The van der Waals surface area contributed by atoms with Crippen molar-refractivity contribution in [3.63, 3.8) is 0 Å². The number of hydrogen-bond acceptors (Lipinski definition) is 5. The highest BCUT2D eigenvalue weighted by Crippen LogP contribution is 2.25. The van der Waals surface area contributed by atoms with Gasteiger partial charge in [0.2, 0.25) is 0 Å². The van der Waals surface area contributed by atoms with E-state index in [1.807, 2.05) is 0 Å². The van der Waals surface area contributed by atoms with Crippen LogP contribution in [0.3, 0.4) is 0 Å². The topological polar surface area (TPSA) is 54.0 Å². The van der Waals surface area contributed by atoms with E-state index in [1.165, 1.54) is 6.08 Å². The van der Waals surface area contributed by atoms with E-state index in [0.717, 1.165) is 0 Å². The van der Waals surface area contributed by atoms with Crippen LogP contribution < -0.4 is 0 Å². The summed E-state index contributed by atoms with van der Waals surface area (Å²) in [5, 5.41) is 0. The normalized spacial score (nSPS) is 10.9. The third kappa shape index (κ3) is 9.07. The zero-order valence-electron chi connectivity index (χ0n) is 13.9. The molecule has 0 bridgehead atoms. The number of hydrogen-bond donors (Lipinski definition) is 0. The number of allylic oxidation sites excluding steroid dienone is 4. The second-order valence-electron chi connectivity index (χ2n) is 4.87. The molecule has 0 rings (SSSR count). The maximum atomic E-state index is 11.3. The van der Waals surface area contributed by atoms with Crippen LogP contribution in [-0.2, 0) is 22.8 Å². The van der Waals surface area contributed by atoms with Gasteiger partial charge in [-0.05, 0) is 34.1 Å². The first-order valence-corrected chi connectivity index (χ1v) is 8.97. The Balaban J connectivity index is 4.80. The Bertz CT molecular complexity index is 413. The lowest BCUT2D eigenvalue weighted by Gasteiger charge is -2.30. The molecule has 0 amide bonds. The van der Waals surface area contributed by atoms with Gasteiger partial charge >= 0.3 is 14.8 Å². The van der Waals surface area contributed by atoms with Crippen LogP contribution in [0.2, 0.25) is 6.04 Å². The third-order valence-corrected chi connectivity index (χ3v) is 5.11. The molecule has 0 aliphatic rings. The van der Waals surface area contributed by atoms with E-state index in [1.54, 1.807) is 33.8 Å². The average molecular weight is 326 g/mol. The van der Waals surface area contributed by atoms with E-state index < -0.39 is 8.80 Å².